The minimum absolute atomic E-state index is 0.151. The molecule has 3 N–H and O–H groups in total. The number of hydrogen-bond donors (Lipinski definition) is 2. The number of nitrogens with one attached hydrogen (secondary N) is 1. The van der Waals surface area contributed by atoms with Crippen LogP contribution in [0.4, 0.5) is 11.5 Å². The van der Waals surface area contributed by atoms with Gasteiger partial charge >= 0.3 is 0 Å². The predicted molar refractivity (Wildman–Crippen MR) is 105 cm³/mol. The summed E-state index contributed by atoms with van der Waals surface area (Å²) in [6, 6.07) is 12.5. The van der Waals surface area contributed by atoms with Crippen LogP contribution >= 0.6 is 0 Å². The van der Waals surface area contributed by atoms with Gasteiger partial charge in [-0.3, -0.25) is 9.78 Å². The van der Waals surface area contributed by atoms with E-state index < -0.39 is 5.91 Å². The van der Waals surface area contributed by atoms with Crippen LogP contribution in [0.1, 0.15) is 16.1 Å². The molecular weight excluding hydrogens is 374 g/mol. The fraction of sp³-hybridized carbons (Fsp3) is 0.100. The normalized spacial score (nSPS) is 10.7. The van der Waals surface area contributed by atoms with Crippen molar-refractivity contribution in [2.45, 2.75) is 6.61 Å². The van der Waals surface area contributed by atoms with Crippen LogP contribution in [0, 0.1) is 0 Å². The number of fused-ring (bicyclic) bond motifs is 1. The number of benzene rings is 1. The van der Waals surface area contributed by atoms with Crippen LogP contribution in [0.25, 0.3) is 11.0 Å². The Kier molecular flexibility index (Phi) is 4.93. The van der Waals surface area contributed by atoms with Crippen LogP contribution in [0.2, 0.25) is 0 Å². The highest BCUT2D eigenvalue weighted by Crippen LogP contribution is 2.31. The zero-order valence-electron chi connectivity index (χ0n) is 15.5. The number of anilines is 2. The number of carbonyl (C=O) groups is 1. The number of ether oxygens (including phenoxy) is 2. The van der Waals surface area contributed by atoms with Crippen molar-refractivity contribution in [3.8, 4) is 11.6 Å². The largest absolute Gasteiger partial charge is 0.497 e. The van der Waals surface area contributed by atoms with E-state index in [-0.39, 0.29) is 18.2 Å². The summed E-state index contributed by atoms with van der Waals surface area (Å²) >= 11 is 0. The Bertz CT molecular complexity index is 1160. The van der Waals surface area contributed by atoms with Gasteiger partial charge in [-0.05, 0) is 48.0 Å². The van der Waals surface area contributed by atoms with E-state index in [0.29, 0.717) is 11.4 Å². The van der Waals surface area contributed by atoms with Gasteiger partial charge in [-0.2, -0.15) is 0 Å². The fourth-order valence-electron chi connectivity index (χ4n) is 2.70. The molecule has 0 saturated carbocycles. The second-order valence-electron chi connectivity index (χ2n) is 6.07. The summed E-state index contributed by atoms with van der Waals surface area (Å²) < 4.78 is 16.4. The molecule has 0 fully saturated rings. The summed E-state index contributed by atoms with van der Waals surface area (Å²) in [5, 5.41) is 12.3. The number of pyridine rings is 1. The molecule has 0 radical (unpaired) electrons. The summed E-state index contributed by atoms with van der Waals surface area (Å²) in [5.41, 5.74) is 7.42. The van der Waals surface area contributed by atoms with Crippen molar-refractivity contribution in [2.75, 3.05) is 12.4 Å². The number of primary amides is 1. The number of nitrogens with zero attached hydrogens (tertiary/aromatic N) is 3. The van der Waals surface area contributed by atoms with Gasteiger partial charge in [0.25, 0.3) is 11.8 Å². The van der Waals surface area contributed by atoms with Crippen LogP contribution in [-0.2, 0) is 6.61 Å². The predicted octanol–water partition coefficient (Wildman–Crippen LogP) is 3.05. The second kappa shape index (κ2) is 7.85. The monoisotopic (exact) mass is 391 g/mol. The Morgan fingerprint density at radius 3 is 2.76 bits per heavy atom. The van der Waals surface area contributed by atoms with Crippen LogP contribution in [0.5, 0.6) is 11.6 Å². The first-order valence-corrected chi connectivity index (χ1v) is 8.66. The van der Waals surface area contributed by atoms with Crippen LogP contribution in [0.3, 0.4) is 0 Å². The molecule has 0 unspecified atom stereocenters. The number of furan rings is 1. The highest BCUT2D eigenvalue weighted by Gasteiger charge is 2.14. The Balaban J connectivity index is 1.54. The van der Waals surface area contributed by atoms with E-state index in [0.717, 1.165) is 22.4 Å². The minimum Gasteiger partial charge on any atom is -0.497 e. The van der Waals surface area contributed by atoms with Gasteiger partial charge in [0.2, 0.25) is 5.58 Å². The SMILES string of the molecule is COc1ccc(Nc2nnc(OCc3ccnc(C(N)=O)c3)c3occc23)cc1. The van der Waals surface area contributed by atoms with Crippen molar-refractivity contribution in [3.63, 3.8) is 0 Å². The number of nitrogens with two attached hydrogens (primary N) is 1. The Labute approximate surface area is 165 Å². The number of hydrogen-bond acceptors (Lipinski definition) is 8. The van der Waals surface area contributed by atoms with Crippen molar-refractivity contribution >= 4 is 28.4 Å². The molecule has 3 heterocycles. The quantitative estimate of drug-likeness (QED) is 0.492. The molecule has 4 rings (SSSR count). The molecule has 9 nitrogen and oxygen atoms in total. The number of amides is 1. The zero-order valence-corrected chi connectivity index (χ0v) is 15.5. The molecule has 146 valence electrons. The third kappa shape index (κ3) is 3.93. The first-order chi connectivity index (χ1) is 14.1. The molecule has 4 aromatic rings. The van der Waals surface area contributed by atoms with Crippen molar-refractivity contribution in [1.82, 2.24) is 15.2 Å². The topological polar surface area (TPSA) is 125 Å². The molecule has 0 aliphatic rings. The number of rotatable bonds is 7. The zero-order chi connectivity index (χ0) is 20.2. The highest BCUT2D eigenvalue weighted by atomic mass is 16.5. The lowest BCUT2D eigenvalue weighted by atomic mass is 10.2. The molecule has 9 heteroatoms. The summed E-state index contributed by atoms with van der Waals surface area (Å²) in [6.45, 7) is 0.151. The number of aromatic nitrogens is 3. The molecule has 0 saturated heterocycles. The summed E-state index contributed by atoms with van der Waals surface area (Å²) in [4.78, 5) is 15.2. The summed E-state index contributed by atoms with van der Waals surface area (Å²) in [6.07, 6.45) is 3.03. The Hall–Kier alpha value is -4.14. The van der Waals surface area contributed by atoms with Gasteiger partial charge in [-0.15, -0.1) is 10.2 Å². The maximum absolute atomic E-state index is 11.3. The van der Waals surface area contributed by atoms with Gasteiger partial charge in [0.1, 0.15) is 18.1 Å². The lowest BCUT2D eigenvalue weighted by molar-refractivity contribution is 0.0995. The lowest BCUT2D eigenvalue weighted by Crippen LogP contribution is -2.13. The average Bonchev–Trinajstić information content (AvgIpc) is 3.24. The van der Waals surface area contributed by atoms with Crippen LogP contribution in [0.15, 0.2) is 59.3 Å². The van der Waals surface area contributed by atoms with E-state index >= 15 is 0 Å². The molecular formula is C20H17N5O4. The van der Waals surface area contributed by atoms with Crippen molar-refractivity contribution in [1.29, 1.82) is 0 Å². The Morgan fingerprint density at radius 1 is 1.17 bits per heavy atom. The molecule has 1 aromatic carbocycles. The first kappa shape index (κ1) is 18.2. The molecule has 29 heavy (non-hydrogen) atoms. The van der Waals surface area contributed by atoms with E-state index in [1.165, 1.54) is 12.5 Å². The second-order valence-corrected chi connectivity index (χ2v) is 6.07. The van der Waals surface area contributed by atoms with E-state index in [1.807, 2.05) is 24.3 Å². The number of methoxy groups -OCH3 is 1. The molecule has 0 atom stereocenters. The van der Waals surface area contributed by atoms with E-state index in [1.54, 1.807) is 25.3 Å². The van der Waals surface area contributed by atoms with Gasteiger partial charge in [0.15, 0.2) is 5.82 Å². The van der Waals surface area contributed by atoms with Crippen LogP contribution < -0.4 is 20.5 Å². The molecule has 0 aliphatic heterocycles. The van der Waals surface area contributed by atoms with Gasteiger partial charge < -0.3 is 24.9 Å². The molecule has 1 amide bonds. The molecule has 0 aliphatic carbocycles. The van der Waals surface area contributed by atoms with Crippen molar-refractivity contribution in [2.24, 2.45) is 5.73 Å². The molecule has 3 aromatic heterocycles. The summed E-state index contributed by atoms with van der Waals surface area (Å²) in [7, 11) is 1.61. The smallest absolute Gasteiger partial charge is 0.278 e. The fourth-order valence-corrected chi connectivity index (χ4v) is 2.70. The third-order valence-electron chi connectivity index (χ3n) is 4.16. The average molecular weight is 391 g/mol. The first-order valence-electron chi connectivity index (χ1n) is 8.66. The molecule has 0 spiro atoms. The van der Waals surface area contributed by atoms with E-state index in [9.17, 15) is 4.79 Å². The van der Waals surface area contributed by atoms with E-state index in [2.05, 4.69) is 20.5 Å². The minimum atomic E-state index is -0.603. The molecule has 0 bridgehead atoms. The highest BCUT2D eigenvalue weighted by molar-refractivity contribution is 5.92. The van der Waals surface area contributed by atoms with Crippen molar-refractivity contribution < 1.29 is 18.7 Å². The standard InChI is InChI=1S/C20H17N5O4/c1-27-14-4-2-13(3-5-14)23-19-15-7-9-28-17(15)20(25-24-19)29-11-12-6-8-22-16(10-12)18(21)26/h2-10H,11H2,1H3,(H2,21,26)(H,23,24). The third-order valence-corrected chi connectivity index (χ3v) is 4.16. The van der Waals surface area contributed by atoms with Crippen molar-refractivity contribution in [3.05, 3.63) is 66.2 Å². The maximum Gasteiger partial charge on any atom is 0.278 e. The van der Waals surface area contributed by atoms with Gasteiger partial charge in [-0.1, -0.05) is 0 Å². The van der Waals surface area contributed by atoms with Gasteiger partial charge in [0.05, 0.1) is 18.8 Å². The maximum atomic E-state index is 11.3. The van der Waals surface area contributed by atoms with Gasteiger partial charge in [-0.25, -0.2) is 0 Å². The van der Waals surface area contributed by atoms with Gasteiger partial charge in [0, 0.05) is 11.9 Å². The summed E-state index contributed by atoms with van der Waals surface area (Å²) in [5.74, 6) is 0.928. The Morgan fingerprint density at radius 2 is 2.00 bits per heavy atom. The van der Waals surface area contributed by atoms with Crippen LogP contribution in [-0.4, -0.2) is 28.2 Å². The number of carbonyl (C=O) groups excluding carboxylic acids is 1. The van der Waals surface area contributed by atoms with E-state index in [4.69, 9.17) is 19.6 Å². The lowest BCUT2D eigenvalue weighted by Gasteiger charge is -2.09.